The molecular formula is C24H54FO3PS2. The predicted molar refractivity (Wildman–Crippen MR) is 145 cm³/mol. The summed E-state index contributed by atoms with van der Waals surface area (Å²) in [7, 11) is -7.92. The Labute approximate surface area is 198 Å². The van der Waals surface area contributed by atoms with Gasteiger partial charge in [-0.2, -0.15) is 0 Å². The number of halogens is 1. The highest BCUT2D eigenvalue weighted by atomic mass is 32.3. The summed E-state index contributed by atoms with van der Waals surface area (Å²) < 4.78 is 38.1. The molecule has 0 aliphatic heterocycles. The van der Waals surface area contributed by atoms with Crippen LogP contribution in [-0.4, -0.2) is 36.5 Å². The Bertz CT molecular complexity index is 438. The van der Waals surface area contributed by atoms with Crippen LogP contribution in [0.1, 0.15) is 117 Å². The molecule has 7 heteroatoms. The van der Waals surface area contributed by atoms with Gasteiger partial charge in [-0.25, -0.2) is 12.5 Å². The van der Waals surface area contributed by atoms with E-state index in [1.165, 1.54) is 77.0 Å². The molecule has 0 spiro atoms. The molecule has 0 saturated carbocycles. The second-order valence-electron chi connectivity index (χ2n) is 9.81. The summed E-state index contributed by atoms with van der Waals surface area (Å²) in [5.41, 5.74) is 0. The summed E-state index contributed by atoms with van der Waals surface area (Å²) in [6.45, 7) is 4.47. The van der Waals surface area contributed by atoms with Gasteiger partial charge in [0.1, 0.15) is 0 Å². The van der Waals surface area contributed by atoms with Crippen molar-refractivity contribution in [3.05, 3.63) is 0 Å². The summed E-state index contributed by atoms with van der Waals surface area (Å²) >= 11 is 0. The average molecular weight is 505 g/mol. The lowest BCUT2D eigenvalue weighted by Gasteiger charge is -2.36. The van der Waals surface area contributed by atoms with E-state index < -0.39 is 28.5 Å². The van der Waals surface area contributed by atoms with Crippen molar-refractivity contribution in [1.29, 1.82) is 0 Å². The number of hydrogen-bond acceptors (Lipinski definition) is 3. The van der Waals surface area contributed by atoms with Gasteiger partial charge in [0.2, 0.25) is 0 Å². The highest BCUT2D eigenvalue weighted by Gasteiger charge is 2.36. The second kappa shape index (κ2) is 18.2. The van der Waals surface area contributed by atoms with Crippen LogP contribution in [-0.2, 0) is 12.5 Å². The van der Waals surface area contributed by atoms with Crippen LogP contribution in [0.2, 0.25) is 0 Å². The summed E-state index contributed by atoms with van der Waals surface area (Å²) in [4.78, 5) is 0. The van der Waals surface area contributed by atoms with Crippen molar-refractivity contribution >= 4 is 28.5 Å². The minimum absolute atomic E-state index is 0.785. The van der Waals surface area contributed by atoms with Crippen LogP contribution in [0, 0.1) is 0 Å². The van der Waals surface area contributed by atoms with E-state index in [9.17, 15) is 8.76 Å². The van der Waals surface area contributed by atoms with Gasteiger partial charge in [0, 0.05) is 0 Å². The molecule has 3 nitrogen and oxygen atoms in total. The van der Waals surface area contributed by atoms with Gasteiger partial charge in [-0.05, 0) is 49.4 Å². The topological polar surface area (TPSA) is 35.5 Å². The first-order chi connectivity index (χ1) is 14.5. The molecule has 0 rings (SSSR count). The molecule has 0 amide bonds. The molecule has 0 bridgehead atoms. The van der Waals surface area contributed by atoms with Gasteiger partial charge in [0.05, 0.1) is 0 Å². The van der Waals surface area contributed by atoms with Gasteiger partial charge in [-0.15, -0.1) is 24.8 Å². The highest BCUT2D eigenvalue weighted by molar-refractivity contribution is 8.32. The Morgan fingerprint density at radius 3 is 1.10 bits per heavy atom. The van der Waals surface area contributed by atoms with Crippen molar-refractivity contribution in [2.24, 2.45) is 0 Å². The van der Waals surface area contributed by atoms with Crippen molar-refractivity contribution in [2.75, 3.05) is 36.5 Å². The maximum absolute atomic E-state index is 14.7. The molecule has 0 aliphatic carbocycles. The molecule has 0 atom stereocenters. The zero-order valence-electron chi connectivity index (χ0n) is 21.6. The summed E-state index contributed by atoms with van der Waals surface area (Å²) in [5, 5.41) is 0. The Balaban J connectivity index is 4.07. The van der Waals surface area contributed by atoms with E-state index in [4.69, 9.17) is 7.94 Å². The van der Waals surface area contributed by atoms with Crippen LogP contribution in [0.5, 0.6) is 0 Å². The molecule has 192 valence electrons. The molecule has 0 aliphatic rings. The van der Waals surface area contributed by atoms with Crippen LogP contribution in [0.25, 0.3) is 0 Å². The lowest BCUT2D eigenvalue weighted by Crippen LogP contribution is -2.08. The first kappa shape index (κ1) is 31.8. The number of hydrogen-bond donors (Lipinski definition) is 0. The molecule has 0 aromatic heterocycles. The van der Waals surface area contributed by atoms with E-state index in [-0.39, 0.29) is 0 Å². The van der Waals surface area contributed by atoms with E-state index in [1.807, 2.05) is 25.0 Å². The largest absolute Gasteiger partial charge is 0.532 e. The standard InChI is InChI=1S/C24H54FO3PS2/c1-7-9-11-13-15-17-19-21-23-30(3,4)27-29(25,26)28-31(5,6)24-22-20-18-16-14-12-10-8-2/h7-24H2,1-6H3. The molecule has 0 aromatic rings. The van der Waals surface area contributed by atoms with Gasteiger partial charge in [0.25, 0.3) is 0 Å². The molecule has 0 N–H and O–H groups in total. The van der Waals surface area contributed by atoms with Gasteiger partial charge < -0.3 is 0 Å². The van der Waals surface area contributed by atoms with E-state index >= 15 is 0 Å². The predicted octanol–water partition coefficient (Wildman–Crippen LogP) is 10.3. The Morgan fingerprint density at radius 2 is 0.806 bits per heavy atom. The highest BCUT2D eigenvalue weighted by Crippen LogP contribution is 2.69. The maximum atomic E-state index is 14.7. The zero-order valence-corrected chi connectivity index (χ0v) is 24.1. The maximum Gasteiger partial charge on any atom is 0.532 e. The van der Waals surface area contributed by atoms with Crippen LogP contribution >= 0.6 is 28.5 Å². The zero-order chi connectivity index (χ0) is 23.6. The van der Waals surface area contributed by atoms with E-state index in [2.05, 4.69) is 13.8 Å². The Kier molecular flexibility index (Phi) is 18.6. The van der Waals surface area contributed by atoms with Crippen molar-refractivity contribution in [3.8, 4) is 0 Å². The van der Waals surface area contributed by atoms with E-state index in [0.29, 0.717) is 0 Å². The molecule has 0 saturated heterocycles. The van der Waals surface area contributed by atoms with Crippen molar-refractivity contribution < 1.29 is 16.7 Å². The third kappa shape index (κ3) is 21.1. The molecule has 0 radical (unpaired) electrons. The number of rotatable bonds is 22. The SMILES string of the molecule is CCCCCCCCCCS(C)(C)OP(=O)(F)OS(C)(C)CCCCCCCCCC. The minimum atomic E-state index is -4.51. The second-order valence-corrected chi connectivity index (χ2v) is 18.4. The lowest BCUT2D eigenvalue weighted by atomic mass is 10.1. The molecule has 31 heavy (non-hydrogen) atoms. The summed E-state index contributed by atoms with van der Waals surface area (Å²) in [6, 6.07) is 0. The Hall–Kier alpha value is 0.780. The van der Waals surface area contributed by atoms with Gasteiger partial charge in [0.15, 0.2) is 0 Å². The van der Waals surface area contributed by atoms with Crippen LogP contribution in [0.4, 0.5) is 4.20 Å². The first-order valence-electron chi connectivity index (χ1n) is 12.7. The van der Waals surface area contributed by atoms with Gasteiger partial charge in [-0.1, -0.05) is 104 Å². The fourth-order valence-corrected chi connectivity index (χ4v) is 10.3. The Morgan fingerprint density at radius 1 is 0.548 bits per heavy atom. The van der Waals surface area contributed by atoms with Crippen LogP contribution in [0.15, 0.2) is 0 Å². The monoisotopic (exact) mass is 504 g/mol. The molecule has 0 unspecified atom stereocenters. The molecule has 0 fully saturated rings. The average Bonchev–Trinajstić information content (AvgIpc) is 2.64. The van der Waals surface area contributed by atoms with Crippen molar-refractivity contribution in [1.82, 2.24) is 0 Å². The fourth-order valence-electron chi connectivity index (χ4n) is 3.74. The van der Waals surface area contributed by atoms with E-state index in [0.717, 1.165) is 37.2 Å². The third-order valence-electron chi connectivity index (χ3n) is 5.56. The van der Waals surface area contributed by atoms with Gasteiger partial charge in [-0.3, -0.25) is 0 Å². The van der Waals surface area contributed by atoms with Crippen molar-refractivity contribution in [3.63, 3.8) is 0 Å². The molecule has 0 heterocycles. The minimum Gasteiger partial charge on any atom is -0.234 e. The summed E-state index contributed by atoms with van der Waals surface area (Å²) in [6.07, 6.45) is 27.4. The van der Waals surface area contributed by atoms with E-state index in [1.54, 1.807) is 0 Å². The van der Waals surface area contributed by atoms with Crippen LogP contribution in [0.3, 0.4) is 0 Å². The van der Waals surface area contributed by atoms with Crippen molar-refractivity contribution in [2.45, 2.75) is 117 Å². The normalized spacial score (nSPS) is 14.2. The quantitative estimate of drug-likeness (QED) is 0.109. The molecule has 0 aromatic carbocycles. The fraction of sp³-hybridized carbons (Fsp3) is 1.00. The van der Waals surface area contributed by atoms with Gasteiger partial charge >= 0.3 is 7.91 Å². The third-order valence-corrected chi connectivity index (χ3v) is 12.8. The first-order valence-corrected chi connectivity index (χ1v) is 19.2. The summed E-state index contributed by atoms with van der Waals surface area (Å²) in [5.74, 6) is 1.57. The lowest BCUT2D eigenvalue weighted by molar-refractivity contribution is 0.368. The number of unbranched alkanes of at least 4 members (excludes halogenated alkanes) is 14. The molecular weight excluding hydrogens is 450 g/mol. The van der Waals surface area contributed by atoms with Crippen LogP contribution < -0.4 is 0 Å². The smallest absolute Gasteiger partial charge is 0.234 e.